The van der Waals surface area contributed by atoms with E-state index in [4.69, 9.17) is 4.74 Å². The Morgan fingerprint density at radius 2 is 1.85 bits per heavy atom. The minimum absolute atomic E-state index is 0.0182. The van der Waals surface area contributed by atoms with E-state index < -0.39 is 0 Å². The number of carbonyl (C=O) groups is 2. The number of carbonyl (C=O) groups excluding carboxylic acids is 2. The average molecular weight is 365 g/mol. The van der Waals surface area contributed by atoms with Crippen LogP contribution in [0.3, 0.4) is 0 Å². The standard InChI is InChI=1S/C21H23N3O3/c1-23(14-16-6-4-3-5-7-16)21(26)15-24-20(25)13-12-19(22-24)17-8-10-18(27-2)11-9-17/h3-12,22H,13-15H2,1-2H3. The highest BCUT2D eigenvalue weighted by Gasteiger charge is 2.23. The lowest BCUT2D eigenvalue weighted by molar-refractivity contribution is -0.141. The molecule has 0 saturated carbocycles. The molecule has 27 heavy (non-hydrogen) atoms. The lowest BCUT2D eigenvalue weighted by atomic mass is 10.1. The lowest BCUT2D eigenvalue weighted by Crippen LogP contribution is -2.49. The van der Waals surface area contributed by atoms with Crippen molar-refractivity contribution in [3.63, 3.8) is 0 Å². The molecule has 0 aliphatic carbocycles. The van der Waals surface area contributed by atoms with Crippen LogP contribution in [0.1, 0.15) is 17.5 Å². The molecule has 2 aromatic carbocycles. The van der Waals surface area contributed by atoms with Crippen molar-refractivity contribution in [2.75, 3.05) is 20.7 Å². The SMILES string of the molecule is COc1ccc(C2=CCC(=O)N(CC(=O)N(C)Cc3ccccc3)N2)cc1. The molecule has 0 spiro atoms. The average Bonchev–Trinajstić information content (AvgIpc) is 2.70. The number of hydrazine groups is 1. The molecular weight excluding hydrogens is 342 g/mol. The molecule has 0 fully saturated rings. The van der Waals surface area contributed by atoms with Gasteiger partial charge in [-0.05, 0) is 41.5 Å². The van der Waals surface area contributed by atoms with E-state index in [2.05, 4.69) is 5.43 Å². The molecule has 1 aliphatic heterocycles. The van der Waals surface area contributed by atoms with Crippen molar-refractivity contribution in [3.05, 3.63) is 71.8 Å². The Labute approximate surface area is 159 Å². The number of benzene rings is 2. The molecule has 140 valence electrons. The van der Waals surface area contributed by atoms with Crippen LogP contribution in [0.15, 0.2) is 60.7 Å². The predicted molar refractivity (Wildman–Crippen MR) is 103 cm³/mol. The Balaban J connectivity index is 1.63. The fourth-order valence-electron chi connectivity index (χ4n) is 2.84. The summed E-state index contributed by atoms with van der Waals surface area (Å²) in [5.41, 5.74) is 5.84. The summed E-state index contributed by atoms with van der Waals surface area (Å²) in [6.07, 6.45) is 2.09. The summed E-state index contributed by atoms with van der Waals surface area (Å²) in [5.74, 6) is 0.505. The van der Waals surface area contributed by atoms with E-state index in [9.17, 15) is 9.59 Å². The first-order chi connectivity index (χ1) is 13.1. The van der Waals surface area contributed by atoms with Gasteiger partial charge < -0.3 is 9.64 Å². The molecule has 2 amide bonds. The van der Waals surface area contributed by atoms with Crippen LogP contribution in [-0.2, 0) is 16.1 Å². The smallest absolute Gasteiger partial charge is 0.245 e. The molecule has 0 radical (unpaired) electrons. The van der Waals surface area contributed by atoms with Gasteiger partial charge in [0.25, 0.3) is 0 Å². The van der Waals surface area contributed by atoms with E-state index in [1.807, 2.05) is 60.7 Å². The number of hydrogen-bond donors (Lipinski definition) is 1. The minimum Gasteiger partial charge on any atom is -0.497 e. The van der Waals surface area contributed by atoms with Crippen molar-refractivity contribution in [1.29, 1.82) is 0 Å². The molecular formula is C21H23N3O3. The summed E-state index contributed by atoms with van der Waals surface area (Å²) in [4.78, 5) is 26.4. The van der Waals surface area contributed by atoms with E-state index in [1.165, 1.54) is 5.01 Å². The van der Waals surface area contributed by atoms with Crippen LogP contribution in [0.2, 0.25) is 0 Å². The zero-order valence-electron chi connectivity index (χ0n) is 15.5. The van der Waals surface area contributed by atoms with E-state index in [0.717, 1.165) is 22.6 Å². The molecule has 6 nitrogen and oxygen atoms in total. The highest BCUT2D eigenvalue weighted by Crippen LogP contribution is 2.20. The Hall–Kier alpha value is -3.28. The number of likely N-dealkylation sites (N-methyl/N-ethyl adjacent to an activating group) is 1. The minimum atomic E-state index is -0.131. The highest BCUT2D eigenvalue weighted by molar-refractivity contribution is 5.88. The fraction of sp³-hybridized carbons (Fsp3) is 0.238. The third kappa shape index (κ3) is 4.67. The molecule has 0 unspecified atom stereocenters. The summed E-state index contributed by atoms with van der Waals surface area (Å²) in [6.45, 7) is 0.485. The summed E-state index contributed by atoms with van der Waals surface area (Å²) in [7, 11) is 3.36. The van der Waals surface area contributed by atoms with Crippen LogP contribution in [0, 0.1) is 0 Å². The molecule has 1 aliphatic rings. The van der Waals surface area contributed by atoms with Crippen molar-refractivity contribution in [3.8, 4) is 5.75 Å². The Morgan fingerprint density at radius 3 is 2.52 bits per heavy atom. The maximum Gasteiger partial charge on any atom is 0.245 e. The summed E-state index contributed by atoms with van der Waals surface area (Å²) < 4.78 is 5.17. The van der Waals surface area contributed by atoms with Gasteiger partial charge in [0, 0.05) is 20.0 Å². The molecule has 1 N–H and O–H groups in total. The molecule has 0 saturated heterocycles. The van der Waals surface area contributed by atoms with Crippen molar-refractivity contribution in [2.45, 2.75) is 13.0 Å². The number of rotatable bonds is 6. The van der Waals surface area contributed by atoms with Crippen LogP contribution in [-0.4, -0.2) is 42.4 Å². The normalized spacial score (nSPS) is 13.6. The molecule has 3 rings (SSSR count). The van der Waals surface area contributed by atoms with E-state index in [0.29, 0.717) is 6.54 Å². The second-order valence-corrected chi connectivity index (χ2v) is 6.38. The number of nitrogens with one attached hydrogen (secondary N) is 1. The Bertz CT molecular complexity index is 832. The molecule has 0 aromatic heterocycles. The third-order valence-electron chi connectivity index (χ3n) is 4.42. The number of nitrogens with zero attached hydrogens (tertiary/aromatic N) is 2. The summed E-state index contributed by atoms with van der Waals surface area (Å²) in [6, 6.07) is 17.3. The number of hydrogen-bond acceptors (Lipinski definition) is 4. The second-order valence-electron chi connectivity index (χ2n) is 6.38. The maximum atomic E-state index is 12.5. The van der Waals surface area contributed by atoms with Gasteiger partial charge in [0.1, 0.15) is 12.3 Å². The molecule has 6 heteroatoms. The van der Waals surface area contributed by atoms with Crippen LogP contribution >= 0.6 is 0 Å². The monoisotopic (exact) mass is 365 g/mol. The predicted octanol–water partition coefficient (Wildman–Crippen LogP) is 2.43. The number of ether oxygens (including phenoxy) is 1. The lowest BCUT2D eigenvalue weighted by Gasteiger charge is -2.30. The van der Waals surface area contributed by atoms with Crippen molar-refractivity contribution in [2.24, 2.45) is 0 Å². The Kier molecular flexibility index (Phi) is 5.76. The van der Waals surface area contributed by atoms with Gasteiger partial charge >= 0.3 is 0 Å². The zero-order valence-corrected chi connectivity index (χ0v) is 15.5. The quantitative estimate of drug-likeness (QED) is 0.854. The van der Waals surface area contributed by atoms with E-state index >= 15 is 0 Å². The van der Waals surface area contributed by atoms with Gasteiger partial charge in [-0.15, -0.1) is 0 Å². The third-order valence-corrected chi connectivity index (χ3v) is 4.42. The largest absolute Gasteiger partial charge is 0.497 e. The van der Waals surface area contributed by atoms with Gasteiger partial charge in [-0.25, -0.2) is 5.01 Å². The van der Waals surface area contributed by atoms with Gasteiger partial charge in [0.2, 0.25) is 11.8 Å². The molecule has 0 atom stereocenters. The van der Waals surface area contributed by atoms with Crippen molar-refractivity contribution in [1.82, 2.24) is 15.3 Å². The number of amides is 2. The van der Waals surface area contributed by atoms with Crippen LogP contribution in [0.5, 0.6) is 5.75 Å². The number of methoxy groups -OCH3 is 1. The van der Waals surface area contributed by atoms with Gasteiger partial charge in [-0.1, -0.05) is 30.3 Å². The highest BCUT2D eigenvalue weighted by atomic mass is 16.5. The topological polar surface area (TPSA) is 61.9 Å². The van der Waals surface area contributed by atoms with Crippen molar-refractivity contribution < 1.29 is 14.3 Å². The Morgan fingerprint density at radius 1 is 1.15 bits per heavy atom. The summed E-state index contributed by atoms with van der Waals surface area (Å²) in [5, 5.41) is 1.38. The zero-order chi connectivity index (χ0) is 19.2. The van der Waals surface area contributed by atoms with Crippen molar-refractivity contribution >= 4 is 17.5 Å². The molecule has 0 bridgehead atoms. The molecule has 2 aromatic rings. The fourth-order valence-corrected chi connectivity index (χ4v) is 2.84. The van der Waals surface area contributed by atoms with Gasteiger partial charge in [0.05, 0.1) is 12.8 Å². The first kappa shape index (κ1) is 18.5. The van der Waals surface area contributed by atoms with Gasteiger partial charge in [0.15, 0.2) is 0 Å². The second kappa shape index (κ2) is 8.40. The van der Waals surface area contributed by atoms with Gasteiger partial charge in [-0.2, -0.15) is 0 Å². The van der Waals surface area contributed by atoms with Crippen LogP contribution in [0.4, 0.5) is 0 Å². The summed E-state index contributed by atoms with van der Waals surface area (Å²) >= 11 is 0. The van der Waals surface area contributed by atoms with E-state index in [1.54, 1.807) is 19.1 Å². The maximum absolute atomic E-state index is 12.5. The molecule has 1 heterocycles. The first-order valence-electron chi connectivity index (χ1n) is 8.76. The van der Waals surface area contributed by atoms with E-state index in [-0.39, 0.29) is 24.8 Å². The van der Waals surface area contributed by atoms with Crippen LogP contribution < -0.4 is 10.2 Å². The van der Waals surface area contributed by atoms with Crippen LogP contribution in [0.25, 0.3) is 5.70 Å². The first-order valence-corrected chi connectivity index (χ1v) is 8.76. The van der Waals surface area contributed by atoms with Gasteiger partial charge in [-0.3, -0.25) is 15.0 Å².